The first-order valence-corrected chi connectivity index (χ1v) is 13.7. The van der Waals surface area contributed by atoms with Crippen LogP contribution in [0.25, 0.3) is 0 Å². The Morgan fingerprint density at radius 1 is 1.14 bits per heavy atom. The minimum Gasteiger partial charge on any atom is -0.469 e. The zero-order valence-corrected chi connectivity index (χ0v) is 23.6. The van der Waals surface area contributed by atoms with E-state index in [9.17, 15) is 9.59 Å². The summed E-state index contributed by atoms with van der Waals surface area (Å²) in [7, 11) is 6.93. The SMILES string of the molecule is CCCN1C=NC(CCC(=O)OC)(OC(=O)OC)C1CC1CCC(C(c2ccc(Cl)cc2)N(C)C)CC1. The van der Waals surface area contributed by atoms with Crippen molar-refractivity contribution in [2.75, 3.05) is 34.9 Å². The Kier molecular flexibility index (Phi) is 10.6. The van der Waals surface area contributed by atoms with Crippen molar-refractivity contribution >= 4 is 30.1 Å². The van der Waals surface area contributed by atoms with Crippen LogP contribution in [0.15, 0.2) is 29.3 Å². The second-order valence-electron chi connectivity index (χ2n) is 10.5. The van der Waals surface area contributed by atoms with Gasteiger partial charge in [-0.25, -0.2) is 9.79 Å². The smallest absolute Gasteiger partial charge is 0.469 e. The minimum absolute atomic E-state index is 0.111. The number of hydrogen-bond acceptors (Lipinski definition) is 8. The molecule has 0 saturated heterocycles. The Bertz CT molecular complexity index is 917. The van der Waals surface area contributed by atoms with Crippen LogP contribution in [0.5, 0.6) is 0 Å². The molecule has 0 radical (unpaired) electrons. The van der Waals surface area contributed by atoms with Gasteiger partial charge >= 0.3 is 12.1 Å². The van der Waals surface area contributed by atoms with Crippen LogP contribution in [-0.4, -0.2) is 74.9 Å². The third kappa shape index (κ3) is 7.38. The highest BCUT2D eigenvalue weighted by Gasteiger charge is 2.50. The van der Waals surface area contributed by atoms with Crippen molar-refractivity contribution in [1.29, 1.82) is 0 Å². The minimum atomic E-state index is -1.16. The van der Waals surface area contributed by atoms with E-state index in [2.05, 4.69) is 47.9 Å². The highest BCUT2D eigenvalue weighted by Crippen LogP contribution is 2.44. The molecular weight excluding hydrogens is 494 g/mol. The summed E-state index contributed by atoms with van der Waals surface area (Å²) >= 11 is 6.14. The molecule has 1 aliphatic carbocycles. The molecule has 3 unspecified atom stereocenters. The van der Waals surface area contributed by atoms with Gasteiger partial charge in [0.1, 0.15) is 0 Å². The molecule has 3 atom stereocenters. The Labute approximate surface area is 226 Å². The zero-order valence-electron chi connectivity index (χ0n) is 22.8. The summed E-state index contributed by atoms with van der Waals surface area (Å²) in [5.74, 6) is 0.664. The summed E-state index contributed by atoms with van der Waals surface area (Å²) in [6.07, 6.45) is 7.53. The number of ether oxygens (including phenoxy) is 3. The van der Waals surface area contributed by atoms with Crippen LogP contribution < -0.4 is 0 Å². The fraction of sp³-hybridized carbons (Fsp3) is 0.679. The van der Waals surface area contributed by atoms with E-state index in [1.54, 1.807) is 6.34 Å². The lowest BCUT2D eigenvalue weighted by Crippen LogP contribution is -2.50. The molecule has 9 heteroatoms. The summed E-state index contributed by atoms with van der Waals surface area (Å²) in [6, 6.07) is 8.40. The molecule has 1 heterocycles. The number of benzene rings is 1. The lowest BCUT2D eigenvalue weighted by Gasteiger charge is -2.41. The van der Waals surface area contributed by atoms with Crippen molar-refractivity contribution in [2.24, 2.45) is 16.8 Å². The molecular formula is C28H42ClN3O5. The summed E-state index contributed by atoms with van der Waals surface area (Å²) in [5.41, 5.74) is 0.132. The standard InChI is InChI=1S/C28H42ClN3O5/c1-6-17-32-19-30-28(37-27(34)36-5,16-15-25(33)35-4)24(32)18-20-7-9-21(10-8-20)26(31(2)3)22-11-13-23(29)14-12-22/h11-14,19-21,24,26H,6-10,15-18H2,1-5H3. The summed E-state index contributed by atoms with van der Waals surface area (Å²) < 4.78 is 15.5. The quantitative estimate of drug-likeness (QED) is 0.336. The molecule has 0 N–H and O–H groups in total. The lowest BCUT2D eigenvalue weighted by atomic mass is 9.73. The highest BCUT2D eigenvalue weighted by molar-refractivity contribution is 6.30. The van der Waals surface area contributed by atoms with Crippen molar-refractivity contribution in [1.82, 2.24) is 9.80 Å². The Hall–Kier alpha value is -2.32. The van der Waals surface area contributed by atoms with Gasteiger partial charge in [-0.3, -0.25) is 4.79 Å². The first kappa shape index (κ1) is 29.2. The lowest BCUT2D eigenvalue weighted by molar-refractivity contribution is -0.143. The number of nitrogens with zero attached hydrogens (tertiary/aromatic N) is 3. The molecule has 1 aromatic carbocycles. The first-order chi connectivity index (χ1) is 17.7. The molecule has 37 heavy (non-hydrogen) atoms. The maximum Gasteiger partial charge on any atom is 0.510 e. The topological polar surface area (TPSA) is 80.7 Å². The van der Waals surface area contributed by atoms with E-state index in [-0.39, 0.29) is 24.9 Å². The molecule has 0 aromatic heterocycles. The average molecular weight is 536 g/mol. The predicted octanol–water partition coefficient (Wildman–Crippen LogP) is 5.69. The maximum atomic E-state index is 12.3. The van der Waals surface area contributed by atoms with E-state index in [1.807, 2.05) is 12.1 Å². The van der Waals surface area contributed by atoms with Crippen LogP contribution in [0.1, 0.15) is 69.9 Å². The molecule has 8 nitrogen and oxygen atoms in total. The summed E-state index contributed by atoms with van der Waals surface area (Å²) in [6.45, 7) is 2.91. The van der Waals surface area contributed by atoms with Crippen LogP contribution in [0.4, 0.5) is 4.79 Å². The van der Waals surface area contributed by atoms with Gasteiger partial charge in [-0.05, 0) is 69.3 Å². The van der Waals surface area contributed by atoms with E-state index >= 15 is 0 Å². The predicted molar refractivity (Wildman–Crippen MR) is 145 cm³/mol. The van der Waals surface area contributed by atoms with E-state index in [0.717, 1.165) is 50.1 Å². The molecule has 0 amide bonds. The second-order valence-corrected chi connectivity index (χ2v) is 10.9. The molecule has 1 aromatic rings. The number of esters is 1. The molecule has 2 aliphatic rings. The van der Waals surface area contributed by atoms with Crippen LogP contribution in [-0.2, 0) is 19.0 Å². The van der Waals surface area contributed by atoms with Gasteiger partial charge in [0, 0.05) is 24.0 Å². The second kappa shape index (κ2) is 13.5. The number of rotatable bonds is 11. The number of methoxy groups -OCH3 is 2. The van der Waals surface area contributed by atoms with E-state index in [0.29, 0.717) is 17.9 Å². The van der Waals surface area contributed by atoms with Gasteiger partial charge < -0.3 is 24.0 Å². The van der Waals surface area contributed by atoms with Crippen molar-refractivity contribution in [2.45, 2.75) is 76.1 Å². The van der Waals surface area contributed by atoms with Gasteiger partial charge in [0.25, 0.3) is 0 Å². The number of halogens is 1. The Morgan fingerprint density at radius 2 is 1.81 bits per heavy atom. The fourth-order valence-electron chi connectivity index (χ4n) is 6.04. The Balaban J connectivity index is 1.74. The molecule has 1 saturated carbocycles. The number of carbonyl (C=O) groups excluding carboxylic acids is 2. The van der Waals surface area contributed by atoms with Crippen LogP contribution in [0.2, 0.25) is 5.02 Å². The first-order valence-electron chi connectivity index (χ1n) is 13.3. The summed E-state index contributed by atoms with van der Waals surface area (Å²) in [5, 5.41) is 0.755. The highest BCUT2D eigenvalue weighted by atomic mass is 35.5. The van der Waals surface area contributed by atoms with E-state index in [4.69, 9.17) is 25.8 Å². The monoisotopic (exact) mass is 535 g/mol. The molecule has 1 aliphatic heterocycles. The maximum absolute atomic E-state index is 12.3. The van der Waals surface area contributed by atoms with E-state index < -0.39 is 11.9 Å². The van der Waals surface area contributed by atoms with Gasteiger partial charge in [0.15, 0.2) is 0 Å². The molecule has 0 bridgehead atoms. The van der Waals surface area contributed by atoms with Crippen molar-refractivity contribution in [3.8, 4) is 0 Å². The number of carbonyl (C=O) groups is 2. The van der Waals surface area contributed by atoms with Crippen LogP contribution in [0, 0.1) is 11.8 Å². The molecule has 3 rings (SSSR count). The zero-order chi connectivity index (χ0) is 27.0. The van der Waals surface area contributed by atoms with Crippen LogP contribution in [0.3, 0.4) is 0 Å². The Morgan fingerprint density at radius 3 is 2.38 bits per heavy atom. The fourth-order valence-corrected chi connectivity index (χ4v) is 6.17. The average Bonchev–Trinajstić information content (AvgIpc) is 3.21. The van der Waals surface area contributed by atoms with Gasteiger partial charge in [-0.1, -0.05) is 43.5 Å². The van der Waals surface area contributed by atoms with Gasteiger partial charge in [0.05, 0.1) is 33.0 Å². The third-order valence-electron chi connectivity index (χ3n) is 7.83. The van der Waals surface area contributed by atoms with Crippen molar-refractivity contribution in [3.63, 3.8) is 0 Å². The van der Waals surface area contributed by atoms with Gasteiger partial charge in [-0.15, -0.1) is 0 Å². The van der Waals surface area contributed by atoms with Crippen LogP contribution >= 0.6 is 11.6 Å². The molecule has 1 fully saturated rings. The van der Waals surface area contributed by atoms with Gasteiger partial charge in [-0.2, -0.15) is 0 Å². The molecule has 0 spiro atoms. The molecule has 206 valence electrons. The number of aliphatic imine (C=N–C) groups is 1. The summed E-state index contributed by atoms with van der Waals surface area (Å²) in [4.78, 5) is 33.4. The van der Waals surface area contributed by atoms with Gasteiger partial charge in [0.2, 0.25) is 5.72 Å². The normalized spacial score (nSPS) is 26.2. The van der Waals surface area contributed by atoms with Crippen molar-refractivity contribution in [3.05, 3.63) is 34.9 Å². The third-order valence-corrected chi connectivity index (χ3v) is 8.08. The largest absolute Gasteiger partial charge is 0.510 e. The number of hydrogen-bond donors (Lipinski definition) is 0. The van der Waals surface area contributed by atoms with E-state index in [1.165, 1.54) is 19.8 Å². The van der Waals surface area contributed by atoms with Crippen molar-refractivity contribution < 1.29 is 23.8 Å².